The number of fused-ring (bicyclic) bond motifs is 7. The molecule has 0 fully saturated rings. The van der Waals surface area contributed by atoms with Crippen molar-refractivity contribution in [3.8, 4) is 21.7 Å². The normalized spacial score (nSPS) is 12.3. The Kier molecular flexibility index (Phi) is 4.91. The lowest BCUT2D eigenvalue weighted by molar-refractivity contribution is 0.795. The molecule has 3 aromatic carbocycles. The van der Waals surface area contributed by atoms with Gasteiger partial charge in [0.15, 0.2) is 0 Å². The van der Waals surface area contributed by atoms with Crippen LogP contribution in [0.4, 0.5) is 0 Å². The molecule has 37 heavy (non-hydrogen) atoms. The van der Waals surface area contributed by atoms with Gasteiger partial charge in [-0.1, -0.05) is 52.0 Å². The Morgan fingerprint density at radius 2 is 1.46 bits per heavy atom. The van der Waals surface area contributed by atoms with Crippen LogP contribution in [-0.2, 0) is 0 Å². The first-order valence-electron chi connectivity index (χ1n) is 12.6. The van der Waals surface area contributed by atoms with Gasteiger partial charge in [0.2, 0.25) is 0 Å². The van der Waals surface area contributed by atoms with Crippen molar-refractivity contribution in [1.29, 1.82) is 0 Å². The van der Waals surface area contributed by atoms with Crippen LogP contribution in [0.25, 0.3) is 64.4 Å². The molecule has 0 amide bonds. The van der Waals surface area contributed by atoms with Gasteiger partial charge in [-0.3, -0.25) is 0 Å². The van der Waals surface area contributed by atoms with E-state index in [1.807, 2.05) is 18.6 Å². The van der Waals surface area contributed by atoms with Crippen LogP contribution in [0.15, 0.2) is 61.1 Å². The quantitative estimate of drug-likeness (QED) is 0.238. The number of nitrogens with one attached hydrogen (secondary N) is 2. The van der Waals surface area contributed by atoms with Crippen LogP contribution in [-0.4, -0.2) is 30.1 Å². The number of H-pyrrole nitrogens is 2. The number of aromatic amines is 2. The fourth-order valence-corrected chi connectivity index (χ4v) is 6.11. The maximum absolute atomic E-state index is 4.91. The van der Waals surface area contributed by atoms with Crippen molar-refractivity contribution < 1.29 is 0 Å². The van der Waals surface area contributed by atoms with Gasteiger partial charge >= 0.3 is 0 Å². The number of thiophene rings is 1. The molecule has 4 aromatic heterocycles. The third-order valence-electron chi connectivity index (χ3n) is 7.09. The first-order chi connectivity index (χ1) is 18.0. The predicted molar refractivity (Wildman–Crippen MR) is 153 cm³/mol. The second-order valence-corrected chi connectivity index (χ2v) is 11.4. The average Bonchev–Trinajstić information content (AvgIpc) is 3.66. The zero-order valence-corrected chi connectivity index (χ0v) is 21.9. The fraction of sp³-hybridized carbons (Fsp3) is 0.200. The fourth-order valence-electron chi connectivity index (χ4n) is 5.04. The van der Waals surface area contributed by atoms with E-state index < -0.39 is 0 Å². The number of rotatable bonds is 4. The van der Waals surface area contributed by atoms with Crippen LogP contribution in [0.3, 0.4) is 0 Å². The predicted octanol–water partition coefficient (Wildman–Crippen LogP) is 8.18. The molecule has 6 nitrogen and oxygen atoms in total. The van der Waals surface area contributed by atoms with E-state index in [-0.39, 0.29) is 0 Å². The van der Waals surface area contributed by atoms with E-state index in [9.17, 15) is 0 Å². The summed E-state index contributed by atoms with van der Waals surface area (Å²) < 4.78 is 1.26. The van der Waals surface area contributed by atoms with Crippen molar-refractivity contribution in [2.45, 2.75) is 39.5 Å². The van der Waals surface area contributed by atoms with Gasteiger partial charge in [0, 0.05) is 32.7 Å². The van der Waals surface area contributed by atoms with Crippen LogP contribution in [0, 0.1) is 0 Å². The van der Waals surface area contributed by atoms with Crippen molar-refractivity contribution in [3.63, 3.8) is 0 Å². The minimum Gasteiger partial charge on any atom is -0.341 e. The Morgan fingerprint density at radius 1 is 0.703 bits per heavy atom. The molecule has 0 unspecified atom stereocenters. The molecule has 0 saturated carbocycles. The molecular formula is C30H26N6S. The van der Waals surface area contributed by atoms with E-state index in [2.05, 4.69) is 95.3 Å². The van der Waals surface area contributed by atoms with Crippen LogP contribution in [0.1, 0.15) is 51.2 Å². The zero-order valence-electron chi connectivity index (χ0n) is 21.1. The number of imidazole rings is 2. The molecular weight excluding hydrogens is 476 g/mol. The second kappa shape index (κ2) is 8.21. The van der Waals surface area contributed by atoms with Gasteiger partial charge in [-0.2, -0.15) is 10.2 Å². The number of hydrogen-bond donors (Lipinski definition) is 2. The second-order valence-electron chi connectivity index (χ2n) is 10.3. The van der Waals surface area contributed by atoms with Crippen LogP contribution in [0.5, 0.6) is 0 Å². The van der Waals surface area contributed by atoms with Gasteiger partial charge in [-0.05, 0) is 40.1 Å². The molecule has 182 valence electrons. The Morgan fingerprint density at radius 3 is 2.24 bits per heavy atom. The maximum Gasteiger partial charge on any atom is 0.109 e. The van der Waals surface area contributed by atoms with Crippen molar-refractivity contribution in [2.75, 3.05) is 0 Å². The number of nitrogens with zero attached hydrogens (tertiary/aromatic N) is 4. The van der Waals surface area contributed by atoms with Gasteiger partial charge in [-0.15, -0.1) is 11.3 Å². The molecule has 0 aliphatic carbocycles. The molecule has 0 aliphatic rings. The molecule has 0 radical (unpaired) electrons. The average molecular weight is 503 g/mol. The van der Waals surface area contributed by atoms with Gasteiger partial charge in [0.05, 0.1) is 40.2 Å². The number of benzene rings is 3. The zero-order chi connectivity index (χ0) is 25.3. The summed E-state index contributed by atoms with van der Waals surface area (Å²) in [5, 5.41) is 14.0. The summed E-state index contributed by atoms with van der Waals surface area (Å²) in [5.74, 6) is 2.70. The molecule has 0 aliphatic heterocycles. The molecule has 0 bridgehead atoms. The van der Waals surface area contributed by atoms with E-state index in [1.165, 1.54) is 26.1 Å². The summed E-state index contributed by atoms with van der Waals surface area (Å²) in [6.07, 6.45) is 5.63. The van der Waals surface area contributed by atoms with E-state index >= 15 is 0 Å². The van der Waals surface area contributed by atoms with Crippen LogP contribution < -0.4 is 0 Å². The molecule has 7 aromatic rings. The van der Waals surface area contributed by atoms with Crippen molar-refractivity contribution in [2.24, 2.45) is 0 Å². The Bertz CT molecular complexity index is 1960. The highest BCUT2D eigenvalue weighted by Gasteiger charge is 2.16. The molecule has 0 spiro atoms. The molecule has 2 N–H and O–H groups in total. The Balaban J connectivity index is 1.38. The molecule has 0 atom stereocenters. The molecule has 0 saturated heterocycles. The summed E-state index contributed by atoms with van der Waals surface area (Å²) in [6, 6.07) is 15.6. The largest absolute Gasteiger partial charge is 0.341 e. The van der Waals surface area contributed by atoms with E-state index in [0.717, 1.165) is 49.9 Å². The summed E-state index contributed by atoms with van der Waals surface area (Å²) in [6.45, 7) is 8.61. The third-order valence-corrected chi connectivity index (χ3v) is 8.23. The highest BCUT2D eigenvalue weighted by molar-refractivity contribution is 7.22. The lowest BCUT2D eigenvalue weighted by atomic mass is 9.97. The van der Waals surface area contributed by atoms with E-state index in [0.29, 0.717) is 11.8 Å². The summed E-state index contributed by atoms with van der Waals surface area (Å²) >= 11 is 1.79. The van der Waals surface area contributed by atoms with Crippen molar-refractivity contribution in [3.05, 3.63) is 72.7 Å². The van der Waals surface area contributed by atoms with Crippen LogP contribution in [0.2, 0.25) is 0 Å². The number of aromatic nitrogens is 6. The molecule has 7 rings (SSSR count). The van der Waals surface area contributed by atoms with Crippen molar-refractivity contribution >= 4 is 54.0 Å². The lowest BCUT2D eigenvalue weighted by Gasteiger charge is -2.08. The number of hydrogen-bond acceptors (Lipinski definition) is 5. The van der Waals surface area contributed by atoms with Gasteiger partial charge < -0.3 is 9.97 Å². The Labute approximate surface area is 217 Å². The van der Waals surface area contributed by atoms with Gasteiger partial charge in [0.25, 0.3) is 0 Å². The molecule has 4 heterocycles. The smallest absolute Gasteiger partial charge is 0.109 e. The summed E-state index contributed by atoms with van der Waals surface area (Å²) in [4.78, 5) is 17.7. The summed E-state index contributed by atoms with van der Waals surface area (Å²) in [7, 11) is 0. The third kappa shape index (κ3) is 3.53. The van der Waals surface area contributed by atoms with Crippen molar-refractivity contribution in [1.82, 2.24) is 30.1 Å². The standard InChI is InChI=1S/C30H26N6S/c1-15(2)29-31-14-24(34-29)26-11-19-6-5-18(10-25(19)37-26)17-7-8-20-21(9-17)22-12-32-33-13-23(22)28-27(20)35-30(36-28)16(3)4/h5-16H,1-4H3,(H,31,34)(H,35,36). The molecule has 7 heteroatoms. The van der Waals surface area contributed by atoms with E-state index in [4.69, 9.17) is 4.98 Å². The maximum atomic E-state index is 4.91. The Hall–Kier alpha value is -4.10. The minimum absolute atomic E-state index is 0.313. The highest BCUT2D eigenvalue weighted by Crippen LogP contribution is 2.39. The van der Waals surface area contributed by atoms with Gasteiger partial charge in [0.1, 0.15) is 11.6 Å². The van der Waals surface area contributed by atoms with Crippen LogP contribution >= 0.6 is 11.3 Å². The van der Waals surface area contributed by atoms with Gasteiger partial charge in [-0.25, -0.2) is 9.97 Å². The van der Waals surface area contributed by atoms with E-state index in [1.54, 1.807) is 11.3 Å². The summed E-state index contributed by atoms with van der Waals surface area (Å²) in [5.41, 5.74) is 5.46. The SMILES string of the molecule is CC(C)c1ncc(-c2cc3ccc(-c4ccc5c(c4)c4cnncc4c4nc(C(C)C)[nH]c54)cc3s2)[nH]1. The monoisotopic (exact) mass is 502 g/mol. The minimum atomic E-state index is 0.313. The first kappa shape index (κ1) is 22.1. The highest BCUT2D eigenvalue weighted by atomic mass is 32.1. The lowest BCUT2D eigenvalue weighted by Crippen LogP contribution is -1.88. The first-order valence-corrected chi connectivity index (χ1v) is 13.4. The topological polar surface area (TPSA) is 83.1 Å².